The molecule has 1 aliphatic rings. The fourth-order valence-electron chi connectivity index (χ4n) is 2.73. The highest BCUT2D eigenvalue weighted by molar-refractivity contribution is 5.32. The van der Waals surface area contributed by atoms with Gasteiger partial charge in [-0.25, -0.2) is 0 Å². The molecule has 0 radical (unpaired) electrons. The van der Waals surface area contributed by atoms with Crippen molar-refractivity contribution in [3.8, 4) is 5.75 Å². The number of ether oxygens (including phenoxy) is 2. The lowest BCUT2D eigenvalue weighted by Gasteiger charge is -2.19. The van der Waals surface area contributed by atoms with E-state index in [2.05, 4.69) is 10.3 Å². The van der Waals surface area contributed by atoms with Gasteiger partial charge in [0.1, 0.15) is 5.75 Å². The van der Waals surface area contributed by atoms with E-state index >= 15 is 0 Å². The SMILES string of the molecule is CNC(CCCC1CCCO1)c1ccncc1OC. The predicted octanol–water partition coefficient (Wildman–Crippen LogP) is 2.70. The highest BCUT2D eigenvalue weighted by Gasteiger charge is 2.18. The molecule has 1 aromatic heterocycles. The minimum absolute atomic E-state index is 0.319. The highest BCUT2D eigenvalue weighted by Crippen LogP contribution is 2.28. The van der Waals surface area contributed by atoms with Crippen molar-refractivity contribution in [1.82, 2.24) is 10.3 Å². The maximum absolute atomic E-state index is 5.66. The van der Waals surface area contributed by atoms with Crippen molar-refractivity contribution in [2.24, 2.45) is 0 Å². The van der Waals surface area contributed by atoms with Crippen LogP contribution < -0.4 is 10.1 Å². The molecule has 0 saturated carbocycles. The van der Waals surface area contributed by atoms with Gasteiger partial charge >= 0.3 is 0 Å². The van der Waals surface area contributed by atoms with Crippen LogP contribution in [0.4, 0.5) is 0 Å². The van der Waals surface area contributed by atoms with Gasteiger partial charge in [-0.2, -0.15) is 0 Å². The van der Waals surface area contributed by atoms with Gasteiger partial charge in [0.25, 0.3) is 0 Å². The number of nitrogens with zero attached hydrogens (tertiary/aromatic N) is 1. The van der Waals surface area contributed by atoms with Crippen LogP contribution >= 0.6 is 0 Å². The Labute approximate surface area is 115 Å². The Balaban J connectivity index is 1.88. The summed E-state index contributed by atoms with van der Waals surface area (Å²) in [6.45, 7) is 0.943. The molecule has 2 unspecified atom stereocenters. The third-order valence-corrected chi connectivity index (χ3v) is 3.80. The molecule has 19 heavy (non-hydrogen) atoms. The molecule has 0 aromatic carbocycles. The van der Waals surface area contributed by atoms with Crippen LogP contribution in [0.15, 0.2) is 18.5 Å². The quantitative estimate of drug-likeness (QED) is 0.822. The number of aromatic nitrogens is 1. The minimum atomic E-state index is 0.319. The van der Waals surface area contributed by atoms with Crippen molar-refractivity contribution in [1.29, 1.82) is 0 Å². The summed E-state index contributed by atoms with van der Waals surface area (Å²) in [5.74, 6) is 0.860. The molecular formula is C15H24N2O2. The summed E-state index contributed by atoms with van der Waals surface area (Å²) in [6.07, 6.45) is 9.95. The molecule has 1 saturated heterocycles. The van der Waals surface area contributed by atoms with Crippen LogP contribution in [0.2, 0.25) is 0 Å². The summed E-state index contributed by atoms with van der Waals surface area (Å²) in [5.41, 5.74) is 1.19. The van der Waals surface area contributed by atoms with E-state index in [1.807, 2.05) is 19.3 Å². The Morgan fingerprint density at radius 3 is 3.16 bits per heavy atom. The third-order valence-electron chi connectivity index (χ3n) is 3.80. The summed E-state index contributed by atoms with van der Waals surface area (Å²) >= 11 is 0. The Morgan fingerprint density at radius 1 is 1.58 bits per heavy atom. The number of hydrogen-bond acceptors (Lipinski definition) is 4. The standard InChI is InChI=1S/C15H24N2O2/c1-16-14(7-3-5-12-6-4-10-19-12)13-8-9-17-11-15(13)18-2/h8-9,11-12,14,16H,3-7,10H2,1-2H3. The minimum Gasteiger partial charge on any atom is -0.495 e. The molecule has 2 rings (SSSR count). The summed E-state index contributed by atoms with van der Waals surface area (Å²) in [6, 6.07) is 2.35. The Kier molecular flexibility index (Phi) is 5.61. The summed E-state index contributed by atoms with van der Waals surface area (Å²) in [5, 5.41) is 3.37. The largest absolute Gasteiger partial charge is 0.495 e. The molecule has 1 aromatic rings. The van der Waals surface area contributed by atoms with Crippen LogP contribution in [0.25, 0.3) is 0 Å². The lowest BCUT2D eigenvalue weighted by atomic mass is 9.99. The predicted molar refractivity (Wildman–Crippen MR) is 75.4 cm³/mol. The molecule has 0 amide bonds. The van der Waals surface area contributed by atoms with E-state index in [9.17, 15) is 0 Å². The van der Waals surface area contributed by atoms with Gasteiger partial charge in [0.05, 0.1) is 19.4 Å². The first-order valence-corrected chi connectivity index (χ1v) is 7.12. The van der Waals surface area contributed by atoms with Crippen LogP contribution in [-0.2, 0) is 4.74 Å². The summed E-state index contributed by atoms with van der Waals surface area (Å²) in [4.78, 5) is 4.10. The van der Waals surface area contributed by atoms with Crippen molar-refractivity contribution in [3.05, 3.63) is 24.0 Å². The molecule has 1 fully saturated rings. The van der Waals surface area contributed by atoms with Gasteiger partial charge in [0.15, 0.2) is 0 Å². The topological polar surface area (TPSA) is 43.4 Å². The van der Waals surface area contributed by atoms with Crippen LogP contribution in [0.3, 0.4) is 0 Å². The van der Waals surface area contributed by atoms with Gasteiger partial charge in [0, 0.05) is 24.4 Å². The normalized spacial score (nSPS) is 20.4. The molecular weight excluding hydrogens is 240 g/mol. The van der Waals surface area contributed by atoms with Crippen molar-refractivity contribution >= 4 is 0 Å². The monoisotopic (exact) mass is 264 g/mol. The Bertz CT molecular complexity index is 378. The maximum atomic E-state index is 5.66. The van der Waals surface area contributed by atoms with E-state index < -0.39 is 0 Å². The lowest BCUT2D eigenvalue weighted by molar-refractivity contribution is 0.101. The van der Waals surface area contributed by atoms with E-state index in [0.29, 0.717) is 12.1 Å². The first-order valence-electron chi connectivity index (χ1n) is 7.12. The third kappa shape index (κ3) is 3.91. The maximum Gasteiger partial charge on any atom is 0.141 e. The zero-order valence-corrected chi connectivity index (χ0v) is 11.9. The molecule has 106 valence electrons. The summed E-state index contributed by atoms with van der Waals surface area (Å²) < 4.78 is 11.0. The van der Waals surface area contributed by atoms with Crippen LogP contribution in [0.5, 0.6) is 5.75 Å². The fourth-order valence-corrected chi connectivity index (χ4v) is 2.73. The molecule has 0 spiro atoms. The van der Waals surface area contributed by atoms with Gasteiger partial charge in [-0.1, -0.05) is 0 Å². The van der Waals surface area contributed by atoms with Gasteiger partial charge in [-0.05, 0) is 45.2 Å². The van der Waals surface area contributed by atoms with E-state index in [4.69, 9.17) is 9.47 Å². The number of hydrogen-bond donors (Lipinski definition) is 1. The second-order valence-electron chi connectivity index (χ2n) is 5.02. The number of rotatable bonds is 7. The zero-order chi connectivity index (χ0) is 13.5. The molecule has 1 aliphatic heterocycles. The highest BCUT2D eigenvalue weighted by atomic mass is 16.5. The molecule has 1 N–H and O–H groups in total. The molecule has 0 aliphatic carbocycles. The van der Waals surface area contributed by atoms with E-state index in [-0.39, 0.29) is 0 Å². The van der Waals surface area contributed by atoms with E-state index in [1.165, 1.54) is 24.8 Å². The van der Waals surface area contributed by atoms with Crippen LogP contribution in [-0.4, -0.2) is 31.9 Å². The second-order valence-corrected chi connectivity index (χ2v) is 5.02. The zero-order valence-electron chi connectivity index (χ0n) is 11.9. The number of nitrogens with one attached hydrogen (secondary N) is 1. The smallest absolute Gasteiger partial charge is 0.141 e. The second kappa shape index (κ2) is 7.46. The molecule has 0 bridgehead atoms. The van der Waals surface area contributed by atoms with Crippen molar-refractivity contribution in [2.45, 2.75) is 44.2 Å². The van der Waals surface area contributed by atoms with Crippen molar-refractivity contribution in [3.63, 3.8) is 0 Å². The van der Waals surface area contributed by atoms with Gasteiger partial charge in [-0.15, -0.1) is 0 Å². The molecule has 2 heterocycles. The van der Waals surface area contributed by atoms with Crippen LogP contribution in [0, 0.1) is 0 Å². The van der Waals surface area contributed by atoms with E-state index in [0.717, 1.165) is 25.2 Å². The molecule has 4 heteroatoms. The molecule has 2 atom stereocenters. The van der Waals surface area contributed by atoms with Crippen LogP contribution in [0.1, 0.15) is 43.7 Å². The Hall–Kier alpha value is -1.13. The fraction of sp³-hybridized carbons (Fsp3) is 0.667. The first kappa shape index (κ1) is 14.3. The number of methoxy groups -OCH3 is 1. The van der Waals surface area contributed by atoms with Gasteiger partial charge in [-0.3, -0.25) is 4.98 Å². The first-order chi connectivity index (χ1) is 9.35. The van der Waals surface area contributed by atoms with Crippen molar-refractivity contribution < 1.29 is 9.47 Å². The van der Waals surface area contributed by atoms with E-state index in [1.54, 1.807) is 13.3 Å². The summed E-state index contributed by atoms with van der Waals surface area (Å²) in [7, 11) is 3.69. The lowest BCUT2D eigenvalue weighted by Crippen LogP contribution is -2.18. The van der Waals surface area contributed by atoms with Crippen molar-refractivity contribution in [2.75, 3.05) is 20.8 Å². The van der Waals surface area contributed by atoms with Gasteiger partial charge < -0.3 is 14.8 Å². The average Bonchev–Trinajstić information content (AvgIpc) is 2.97. The van der Waals surface area contributed by atoms with Gasteiger partial charge in [0.2, 0.25) is 0 Å². The molecule has 4 nitrogen and oxygen atoms in total. The Morgan fingerprint density at radius 2 is 2.47 bits per heavy atom. The number of pyridine rings is 1. The average molecular weight is 264 g/mol.